The van der Waals surface area contributed by atoms with Crippen molar-refractivity contribution in [3.8, 4) is 17.6 Å². The second-order valence-corrected chi connectivity index (χ2v) is 6.30. The number of hydrogen-bond acceptors (Lipinski definition) is 4. The van der Waals surface area contributed by atoms with E-state index in [-0.39, 0.29) is 10.6 Å². The van der Waals surface area contributed by atoms with Crippen LogP contribution in [0.1, 0.15) is 5.56 Å². The fraction of sp³-hybridized carbons (Fsp3) is 0.111. The number of nitrogens with one attached hydrogen (secondary N) is 1. The lowest BCUT2D eigenvalue weighted by atomic mass is 10.1. The van der Waals surface area contributed by atoms with Gasteiger partial charge in [-0.15, -0.1) is 0 Å². The maximum Gasteiger partial charge on any atom is 0.266 e. The van der Waals surface area contributed by atoms with Crippen LogP contribution >= 0.6 is 34.8 Å². The third-order valence-corrected chi connectivity index (χ3v) is 3.97. The molecule has 26 heavy (non-hydrogen) atoms. The number of halogens is 3. The highest BCUT2D eigenvalue weighted by Gasteiger charge is 2.14. The topological polar surface area (TPSA) is 71.3 Å². The summed E-state index contributed by atoms with van der Waals surface area (Å²) in [5, 5.41) is 12.9. The molecule has 1 amide bonds. The molecule has 1 N–H and O–H groups in total. The summed E-state index contributed by atoms with van der Waals surface area (Å²) < 4.78 is 10.4. The van der Waals surface area contributed by atoms with Gasteiger partial charge >= 0.3 is 0 Å². The highest BCUT2D eigenvalue weighted by molar-refractivity contribution is 6.35. The van der Waals surface area contributed by atoms with Gasteiger partial charge in [0.15, 0.2) is 11.5 Å². The Hall–Kier alpha value is -2.39. The van der Waals surface area contributed by atoms with Crippen LogP contribution in [0.15, 0.2) is 35.9 Å². The second-order valence-electron chi connectivity index (χ2n) is 5.02. The number of methoxy groups -OCH3 is 2. The summed E-state index contributed by atoms with van der Waals surface area (Å²) in [7, 11) is 2.92. The van der Waals surface area contributed by atoms with Gasteiger partial charge in [-0.1, -0.05) is 34.8 Å². The van der Waals surface area contributed by atoms with Gasteiger partial charge in [0.25, 0.3) is 5.91 Å². The molecule has 2 aromatic rings. The zero-order valence-corrected chi connectivity index (χ0v) is 16.0. The van der Waals surface area contributed by atoms with Crippen molar-refractivity contribution in [3.05, 3.63) is 56.5 Å². The van der Waals surface area contributed by atoms with E-state index in [1.54, 1.807) is 12.1 Å². The minimum Gasteiger partial charge on any atom is -0.493 e. The summed E-state index contributed by atoms with van der Waals surface area (Å²) >= 11 is 17.9. The summed E-state index contributed by atoms with van der Waals surface area (Å²) in [4.78, 5) is 12.4. The summed E-state index contributed by atoms with van der Waals surface area (Å²) in [5.41, 5.74) is 0.742. The van der Waals surface area contributed by atoms with Gasteiger partial charge in [-0.2, -0.15) is 5.26 Å². The first kappa shape index (κ1) is 19.9. The first-order chi connectivity index (χ1) is 12.4. The van der Waals surface area contributed by atoms with Crippen LogP contribution in [0.3, 0.4) is 0 Å². The van der Waals surface area contributed by atoms with Crippen molar-refractivity contribution in [1.82, 2.24) is 0 Å². The molecule has 0 saturated heterocycles. The van der Waals surface area contributed by atoms with E-state index in [1.165, 1.54) is 38.5 Å². The molecule has 0 aromatic heterocycles. The van der Waals surface area contributed by atoms with Crippen LogP contribution in [0.4, 0.5) is 5.69 Å². The van der Waals surface area contributed by atoms with E-state index in [9.17, 15) is 10.1 Å². The predicted molar refractivity (Wildman–Crippen MR) is 103 cm³/mol. The molecule has 2 rings (SSSR count). The van der Waals surface area contributed by atoms with Crippen LogP contribution in [0.2, 0.25) is 15.1 Å². The van der Waals surface area contributed by atoms with Gasteiger partial charge in [0.2, 0.25) is 0 Å². The standard InChI is InChI=1S/C18H13Cl3N2O3/c1-25-16-5-10(4-15(21)17(16)26-2)3-11(9-22)18(24)23-14-7-12(19)6-13(20)8-14/h3-8H,1-2H3,(H,23,24)/b11-3+. The number of nitrogens with zero attached hydrogens (tertiary/aromatic N) is 1. The number of rotatable bonds is 5. The van der Waals surface area contributed by atoms with Crippen LogP contribution in [0.25, 0.3) is 6.08 Å². The number of carbonyl (C=O) groups excluding carboxylic acids is 1. The average molecular weight is 412 g/mol. The summed E-state index contributed by atoms with van der Waals surface area (Å²) in [5.74, 6) is 0.130. The van der Waals surface area contributed by atoms with Gasteiger partial charge in [0.1, 0.15) is 11.6 Å². The molecule has 0 heterocycles. The van der Waals surface area contributed by atoms with Crippen molar-refractivity contribution >= 4 is 52.5 Å². The second kappa shape index (κ2) is 8.81. The maximum absolute atomic E-state index is 12.4. The highest BCUT2D eigenvalue weighted by atomic mass is 35.5. The number of carbonyl (C=O) groups is 1. The van der Waals surface area contributed by atoms with E-state index >= 15 is 0 Å². The number of ether oxygens (including phenoxy) is 2. The predicted octanol–water partition coefficient (Wildman–Crippen LogP) is 5.21. The number of hydrogen-bond donors (Lipinski definition) is 1. The Morgan fingerprint density at radius 1 is 1.08 bits per heavy atom. The van der Waals surface area contributed by atoms with E-state index in [2.05, 4.69) is 5.32 Å². The van der Waals surface area contributed by atoms with Crippen molar-refractivity contribution in [2.45, 2.75) is 0 Å². The zero-order chi connectivity index (χ0) is 19.3. The van der Waals surface area contributed by atoms with E-state index < -0.39 is 5.91 Å². The Morgan fingerprint density at radius 2 is 1.73 bits per heavy atom. The van der Waals surface area contributed by atoms with Crippen LogP contribution in [-0.4, -0.2) is 20.1 Å². The third kappa shape index (κ3) is 4.83. The molecule has 0 spiro atoms. The van der Waals surface area contributed by atoms with Crippen LogP contribution in [0.5, 0.6) is 11.5 Å². The van der Waals surface area contributed by atoms with Gasteiger partial charge in [-0.3, -0.25) is 4.79 Å². The van der Waals surface area contributed by atoms with Crippen molar-refractivity contribution in [1.29, 1.82) is 5.26 Å². The molecule has 0 bridgehead atoms. The summed E-state index contributed by atoms with van der Waals surface area (Å²) in [6.07, 6.45) is 1.38. The van der Waals surface area contributed by atoms with E-state index in [1.807, 2.05) is 6.07 Å². The molecule has 0 radical (unpaired) electrons. The molecule has 0 unspecified atom stereocenters. The van der Waals surface area contributed by atoms with Gasteiger partial charge in [0.05, 0.1) is 19.2 Å². The molecule has 2 aromatic carbocycles. The quantitative estimate of drug-likeness (QED) is 0.541. The molecule has 8 heteroatoms. The molecule has 0 fully saturated rings. The Labute approximate surface area is 165 Å². The van der Waals surface area contributed by atoms with Crippen molar-refractivity contribution in [2.24, 2.45) is 0 Å². The van der Waals surface area contributed by atoms with E-state index in [0.717, 1.165) is 0 Å². The molecule has 0 aliphatic carbocycles. The number of benzene rings is 2. The Morgan fingerprint density at radius 3 is 2.27 bits per heavy atom. The molecule has 0 saturated carbocycles. The number of amides is 1. The summed E-state index contributed by atoms with van der Waals surface area (Å²) in [6.45, 7) is 0. The maximum atomic E-state index is 12.4. The fourth-order valence-electron chi connectivity index (χ4n) is 2.16. The SMILES string of the molecule is COc1cc(/C=C(\C#N)C(=O)Nc2cc(Cl)cc(Cl)c2)cc(Cl)c1OC. The fourth-order valence-corrected chi connectivity index (χ4v) is 2.98. The first-order valence-electron chi connectivity index (χ1n) is 7.18. The summed E-state index contributed by atoms with van der Waals surface area (Å²) in [6, 6.07) is 9.59. The Balaban J connectivity index is 2.34. The highest BCUT2D eigenvalue weighted by Crippen LogP contribution is 2.36. The minimum absolute atomic E-state index is 0.135. The van der Waals surface area contributed by atoms with Crippen molar-refractivity contribution < 1.29 is 14.3 Å². The first-order valence-corrected chi connectivity index (χ1v) is 8.32. The van der Waals surface area contributed by atoms with Gasteiger partial charge in [0, 0.05) is 15.7 Å². The third-order valence-electron chi connectivity index (χ3n) is 3.25. The minimum atomic E-state index is -0.614. The average Bonchev–Trinajstić information content (AvgIpc) is 2.57. The number of nitriles is 1. The monoisotopic (exact) mass is 410 g/mol. The van der Waals surface area contributed by atoms with Gasteiger partial charge < -0.3 is 14.8 Å². The molecular weight excluding hydrogens is 399 g/mol. The molecule has 5 nitrogen and oxygen atoms in total. The normalized spacial score (nSPS) is 10.8. The Kier molecular flexibility index (Phi) is 6.76. The van der Waals surface area contributed by atoms with E-state index in [4.69, 9.17) is 44.3 Å². The van der Waals surface area contributed by atoms with E-state index in [0.29, 0.717) is 32.8 Å². The van der Waals surface area contributed by atoms with Gasteiger partial charge in [-0.05, 0) is 42.0 Å². The number of anilines is 1. The lowest BCUT2D eigenvalue weighted by Gasteiger charge is -2.10. The lowest BCUT2D eigenvalue weighted by Crippen LogP contribution is -2.13. The lowest BCUT2D eigenvalue weighted by molar-refractivity contribution is -0.112. The smallest absolute Gasteiger partial charge is 0.266 e. The van der Waals surface area contributed by atoms with Crippen LogP contribution < -0.4 is 14.8 Å². The molecular formula is C18H13Cl3N2O3. The van der Waals surface area contributed by atoms with Crippen LogP contribution in [-0.2, 0) is 4.79 Å². The van der Waals surface area contributed by atoms with Crippen molar-refractivity contribution in [3.63, 3.8) is 0 Å². The Bertz CT molecular complexity index is 900. The van der Waals surface area contributed by atoms with Crippen molar-refractivity contribution in [2.75, 3.05) is 19.5 Å². The molecule has 0 aliphatic rings. The molecule has 134 valence electrons. The zero-order valence-electron chi connectivity index (χ0n) is 13.8. The van der Waals surface area contributed by atoms with Crippen LogP contribution in [0, 0.1) is 11.3 Å². The molecule has 0 aliphatic heterocycles. The molecule has 0 atom stereocenters. The van der Waals surface area contributed by atoms with Gasteiger partial charge in [-0.25, -0.2) is 0 Å². The largest absolute Gasteiger partial charge is 0.493 e.